The number of nitrogens with one attached hydrogen (secondary N) is 1. The van der Waals surface area contributed by atoms with Gasteiger partial charge in [0.05, 0.1) is 5.69 Å². The minimum atomic E-state index is 0.621. The van der Waals surface area contributed by atoms with Crippen molar-refractivity contribution >= 4 is 5.82 Å². The van der Waals surface area contributed by atoms with Crippen molar-refractivity contribution in [3.8, 4) is 0 Å². The summed E-state index contributed by atoms with van der Waals surface area (Å²) in [5, 5.41) is 3.28. The van der Waals surface area contributed by atoms with Crippen LogP contribution in [-0.2, 0) is 6.54 Å². The fraction of sp³-hybridized carbons (Fsp3) is 0.688. The van der Waals surface area contributed by atoms with Crippen LogP contribution in [0.4, 0.5) is 5.82 Å². The zero-order valence-electron chi connectivity index (χ0n) is 12.9. The van der Waals surface area contributed by atoms with E-state index in [9.17, 15) is 0 Å². The topological polar surface area (TPSA) is 28.2 Å². The summed E-state index contributed by atoms with van der Waals surface area (Å²) in [5.41, 5.74) is 1.16. The maximum Gasteiger partial charge on any atom is 0.126 e. The number of aromatic nitrogens is 1. The van der Waals surface area contributed by atoms with E-state index in [0.717, 1.165) is 24.6 Å². The number of unbranched alkanes of at least 4 members (excludes halogenated alkanes) is 1. The molecule has 1 aromatic rings. The second kappa shape index (κ2) is 8.92. The number of hydrogen-bond donors (Lipinski definition) is 1. The van der Waals surface area contributed by atoms with Gasteiger partial charge in [-0.25, -0.2) is 4.98 Å². The van der Waals surface area contributed by atoms with Crippen molar-refractivity contribution in [2.45, 2.75) is 59.5 Å². The Kier molecular flexibility index (Phi) is 7.49. The van der Waals surface area contributed by atoms with Gasteiger partial charge in [0.25, 0.3) is 0 Å². The molecule has 19 heavy (non-hydrogen) atoms. The monoisotopic (exact) mass is 263 g/mol. The van der Waals surface area contributed by atoms with E-state index in [0.29, 0.717) is 6.04 Å². The molecule has 0 aliphatic heterocycles. The highest BCUT2D eigenvalue weighted by molar-refractivity contribution is 5.34. The molecule has 0 spiro atoms. The van der Waals surface area contributed by atoms with Gasteiger partial charge in [-0.3, -0.25) is 4.90 Å². The van der Waals surface area contributed by atoms with Crippen LogP contribution in [0.25, 0.3) is 0 Å². The van der Waals surface area contributed by atoms with Crippen molar-refractivity contribution in [2.75, 3.05) is 18.4 Å². The molecule has 0 amide bonds. The van der Waals surface area contributed by atoms with Gasteiger partial charge in [0, 0.05) is 19.1 Å². The van der Waals surface area contributed by atoms with Gasteiger partial charge in [-0.05, 0) is 45.4 Å². The first-order valence-electron chi connectivity index (χ1n) is 7.65. The molecule has 0 fully saturated rings. The van der Waals surface area contributed by atoms with Gasteiger partial charge in [0.2, 0.25) is 0 Å². The van der Waals surface area contributed by atoms with Crippen molar-refractivity contribution in [3.05, 3.63) is 23.9 Å². The fourth-order valence-electron chi connectivity index (χ4n) is 2.13. The Morgan fingerprint density at radius 3 is 2.68 bits per heavy atom. The van der Waals surface area contributed by atoms with E-state index in [2.05, 4.69) is 55.0 Å². The Balaban J connectivity index is 2.68. The summed E-state index contributed by atoms with van der Waals surface area (Å²) >= 11 is 0. The summed E-state index contributed by atoms with van der Waals surface area (Å²) in [5.74, 6) is 0.986. The summed E-state index contributed by atoms with van der Waals surface area (Å²) in [4.78, 5) is 7.22. The molecule has 1 unspecified atom stereocenters. The summed E-state index contributed by atoms with van der Waals surface area (Å²) < 4.78 is 0. The number of hydrogen-bond acceptors (Lipinski definition) is 3. The Morgan fingerprint density at radius 2 is 2.05 bits per heavy atom. The molecule has 1 atom stereocenters. The smallest absolute Gasteiger partial charge is 0.126 e. The lowest BCUT2D eigenvalue weighted by Crippen LogP contribution is -2.33. The zero-order chi connectivity index (χ0) is 14.1. The van der Waals surface area contributed by atoms with Gasteiger partial charge in [-0.15, -0.1) is 0 Å². The highest BCUT2D eigenvalue weighted by Crippen LogP contribution is 2.12. The largest absolute Gasteiger partial charge is 0.370 e. The fourth-order valence-corrected chi connectivity index (χ4v) is 2.13. The number of anilines is 1. The first kappa shape index (κ1) is 16.0. The first-order chi connectivity index (χ1) is 9.21. The summed E-state index contributed by atoms with van der Waals surface area (Å²) in [6.45, 7) is 11.9. The molecular weight excluding hydrogens is 234 g/mol. The molecule has 0 aliphatic rings. The van der Waals surface area contributed by atoms with E-state index >= 15 is 0 Å². The average molecular weight is 263 g/mol. The molecule has 0 radical (unpaired) electrons. The maximum absolute atomic E-state index is 4.67. The second-order valence-electron chi connectivity index (χ2n) is 5.13. The lowest BCUT2D eigenvalue weighted by molar-refractivity contribution is 0.190. The van der Waals surface area contributed by atoms with Crippen LogP contribution < -0.4 is 5.32 Å². The van der Waals surface area contributed by atoms with Gasteiger partial charge in [-0.2, -0.15) is 0 Å². The van der Waals surface area contributed by atoms with E-state index in [1.54, 1.807) is 0 Å². The van der Waals surface area contributed by atoms with E-state index in [1.165, 1.54) is 25.8 Å². The van der Waals surface area contributed by atoms with E-state index in [-0.39, 0.29) is 0 Å². The minimum absolute atomic E-state index is 0.621. The predicted molar refractivity (Wildman–Crippen MR) is 83.5 cm³/mol. The molecule has 1 rings (SSSR count). The molecule has 0 aromatic carbocycles. The van der Waals surface area contributed by atoms with Crippen LogP contribution in [0.5, 0.6) is 0 Å². The maximum atomic E-state index is 4.67. The van der Waals surface area contributed by atoms with Crippen LogP contribution >= 0.6 is 0 Å². The highest BCUT2D eigenvalue weighted by atomic mass is 15.2. The predicted octanol–water partition coefficient (Wildman–Crippen LogP) is 3.91. The van der Waals surface area contributed by atoms with Crippen LogP contribution in [0, 0.1) is 0 Å². The van der Waals surface area contributed by atoms with E-state index in [4.69, 9.17) is 0 Å². The second-order valence-corrected chi connectivity index (χ2v) is 5.13. The average Bonchev–Trinajstić information content (AvgIpc) is 2.43. The van der Waals surface area contributed by atoms with Gasteiger partial charge < -0.3 is 5.32 Å². The zero-order valence-corrected chi connectivity index (χ0v) is 12.9. The van der Waals surface area contributed by atoms with Crippen molar-refractivity contribution < 1.29 is 0 Å². The Labute approximate surface area is 118 Å². The Hall–Kier alpha value is -1.09. The van der Waals surface area contributed by atoms with Gasteiger partial charge in [0.15, 0.2) is 0 Å². The normalized spacial score (nSPS) is 12.7. The lowest BCUT2D eigenvalue weighted by Gasteiger charge is -2.28. The summed E-state index contributed by atoms with van der Waals surface area (Å²) in [7, 11) is 0. The first-order valence-corrected chi connectivity index (χ1v) is 7.65. The Morgan fingerprint density at radius 1 is 1.26 bits per heavy atom. The quantitative estimate of drug-likeness (QED) is 0.732. The summed E-state index contributed by atoms with van der Waals surface area (Å²) in [6, 6.07) is 6.88. The van der Waals surface area contributed by atoms with E-state index < -0.39 is 0 Å². The third-order valence-corrected chi connectivity index (χ3v) is 3.54. The molecular formula is C16H29N3. The molecule has 1 N–H and O–H groups in total. The molecule has 0 bridgehead atoms. The van der Waals surface area contributed by atoms with Crippen LogP contribution in [0.1, 0.15) is 52.7 Å². The van der Waals surface area contributed by atoms with Crippen LogP contribution in [0.15, 0.2) is 18.2 Å². The van der Waals surface area contributed by atoms with Crippen molar-refractivity contribution in [3.63, 3.8) is 0 Å². The molecule has 1 heterocycles. The molecule has 0 saturated heterocycles. The van der Waals surface area contributed by atoms with Gasteiger partial charge in [-0.1, -0.05) is 26.3 Å². The van der Waals surface area contributed by atoms with E-state index in [1.807, 2.05) is 6.07 Å². The third-order valence-electron chi connectivity index (χ3n) is 3.54. The third kappa shape index (κ3) is 5.60. The van der Waals surface area contributed by atoms with Crippen molar-refractivity contribution in [1.29, 1.82) is 0 Å². The number of rotatable bonds is 9. The Bertz CT molecular complexity index is 352. The van der Waals surface area contributed by atoms with Crippen molar-refractivity contribution in [2.24, 2.45) is 0 Å². The highest BCUT2D eigenvalue weighted by Gasteiger charge is 2.12. The molecule has 1 aromatic heterocycles. The van der Waals surface area contributed by atoms with Crippen LogP contribution in [0.2, 0.25) is 0 Å². The molecule has 0 aliphatic carbocycles. The molecule has 108 valence electrons. The number of pyridine rings is 1. The SMILES string of the molecule is CCCCN(Cc1cccc(NCC)n1)C(C)CC. The summed E-state index contributed by atoms with van der Waals surface area (Å²) in [6.07, 6.45) is 3.70. The molecule has 3 heteroatoms. The molecule has 3 nitrogen and oxygen atoms in total. The van der Waals surface area contributed by atoms with Crippen LogP contribution in [0.3, 0.4) is 0 Å². The molecule has 0 saturated carbocycles. The van der Waals surface area contributed by atoms with Gasteiger partial charge in [0.1, 0.15) is 5.82 Å². The van der Waals surface area contributed by atoms with Gasteiger partial charge >= 0.3 is 0 Å². The lowest BCUT2D eigenvalue weighted by atomic mass is 10.2. The number of nitrogens with zero attached hydrogens (tertiary/aromatic N) is 2. The minimum Gasteiger partial charge on any atom is -0.370 e. The standard InChI is InChI=1S/C16H29N3/c1-5-8-12-19(14(4)6-2)13-15-10-9-11-16(18-15)17-7-3/h9-11,14H,5-8,12-13H2,1-4H3,(H,17,18). The van der Waals surface area contributed by atoms with Crippen LogP contribution in [-0.4, -0.2) is 29.0 Å². The van der Waals surface area contributed by atoms with Crippen molar-refractivity contribution in [1.82, 2.24) is 9.88 Å².